The zero-order valence-corrected chi connectivity index (χ0v) is 8.42. The monoisotopic (exact) mass is 173 g/mol. The topological polar surface area (TPSA) is 43.3 Å². The zero-order chi connectivity index (χ0) is 9.62. The molecule has 12 heavy (non-hydrogen) atoms. The normalized spacial score (nSPS) is 31.5. The minimum atomic E-state index is -1.07. The Balaban J connectivity index is 2.81. The number of hydroxylamine groups is 4. The van der Waals surface area contributed by atoms with E-state index in [0.29, 0.717) is 13.1 Å². The van der Waals surface area contributed by atoms with Gasteiger partial charge < -0.3 is 5.21 Å². The number of rotatable bonds is 0. The number of hydrogen-bond acceptors (Lipinski definition) is 2. The molecule has 0 amide bonds. The van der Waals surface area contributed by atoms with E-state index in [-0.39, 0.29) is 10.8 Å². The summed E-state index contributed by atoms with van der Waals surface area (Å²) in [6.07, 6.45) is 1.00. The lowest BCUT2D eigenvalue weighted by atomic mass is 9.72. The van der Waals surface area contributed by atoms with Gasteiger partial charge in [-0.3, -0.25) is 0 Å². The number of nitrogens with zero attached hydrogens (tertiary/aromatic N) is 1. The quantitative estimate of drug-likeness (QED) is 0.450. The molecule has 0 aromatic heterocycles. The van der Waals surface area contributed by atoms with Crippen LogP contribution in [0, 0.1) is 16.0 Å². The van der Waals surface area contributed by atoms with Gasteiger partial charge in [-0.15, -0.1) is 0 Å². The van der Waals surface area contributed by atoms with Crippen LogP contribution in [0.15, 0.2) is 0 Å². The zero-order valence-electron chi connectivity index (χ0n) is 8.42. The SMILES string of the molecule is CC1(C)CC(C)(C)C[N+]([O-])(O)C1. The van der Waals surface area contributed by atoms with Crippen LogP contribution in [0.3, 0.4) is 0 Å². The van der Waals surface area contributed by atoms with Gasteiger partial charge in [-0.05, 0) is 6.42 Å². The first-order chi connectivity index (χ1) is 5.12. The van der Waals surface area contributed by atoms with E-state index < -0.39 is 4.81 Å². The molecule has 0 aliphatic carbocycles. The summed E-state index contributed by atoms with van der Waals surface area (Å²) in [5.41, 5.74) is -0.0868. The predicted molar refractivity (Wildman–Crippen MR) is 47.3 cm³/mol. The lowest BCUT2D eigenvalue weighted by Gasteiger charge is -2.50. The van der Waals surface area contributed by atoms with Crippen LogP contribution in [0.1, 0.15) is 34.1 Å². The van der Waals surface area contributed by atoms with E-state index in [4.69, 9.17) is 0 Å². The average molecular weight is 173 g/mol. The van der Waals surface area contributed by atoms with Crippen molar-refractivity contribution in [1.29, 1.82) is 0 Å². The maximum Gasteiger partial charge on any atom is 0.113 e. The van der Waals surface area contributed by atoms with E-state index in [1.54, 1.807) is 0 Å². The van der Waals surface area contributed by atoms with Crippen LogP contribution in [0.25, 0.3) is 0 Å². The van der Waals surface area contributed by atoms with E-state index in [0.717, 1.165) is 6.42 Å². The number of hydrogen-bond donors (Lipinski definition) is 1. The van der Waals surface area contributed by atoms with Crippen LogP contribution in [0.5, 0.6) is 0 Å². The summed E-state index contributed by atoms with van der Waals surface area (Å²) in [5.74, 6) is 0. The molecule has 1 heterocycles. The van der Waals surface area contributed by atoms with E-state index in [9.17, 15) is 10.4 Å². The fourth-order valence-corrected chi connectivity index (χ4v) is 2.80. The molecular formula is C9H19NO2. The molecule has 0 unspecified atom stereocenters. The summed E-state index contributed by atoms with van der Waals surface area (Å²) < 4.78 is 0. The molecule has 0 spiro atoms. The van der Waals surface area contributed by atoms with Gasteiger partial charge in [0.05, 0.1) is 0 Å². The van der Waals surface area contributed by atoms with Gasteiger partial charge in [0.2, 0.25) is 0 Å². The van der Waals surface area contributed by atoms with E-state index in [1.165, 1.54) is 0 Å². The summed E-state index contributed by atoms with van der Waals surface area (Å²) >= 11 is 0. The number of piperidine rings is 1. The molecule has 1 N–H and O–H groups in total. The third kappa shape index (κ3) is 2.44. The minimum Gasteiger partial charge on any atom is -0.598 e. The van der Waals surface area contributed by atoms with Gasteiger partial charge in [-0.1, -0.05) is 27.7 Å². The maximum atomic E-state index is 11.4. The third-order valence-electron chi connectivity index (χ3n) is 2.31. The molecule has 3 nitrogen and oxygen atoms in total. The Morgan fingerprint density at radius 1 is 1.08 bits per heavy atom. The molecule has 0 radical (unpaired) electrons. The van der Waals surface area contributed by atoms with Crippen molar-refractivity contribution in [3.05, 3.63) is 5.21 Å². The molecular weight excluding hydrogens is 154 g/mol. The van der Waals surface area contributed by atoms with Crippen molar-refractivity contribution < 1.29 is 10.0 Å². The van der Waals surface area contributed by atoms with Crippen molar-refractivity contribution >= 4 is 0 Å². The lowest BCUT2D eigenvalue weighted by Crippen LogP contribution is -2.56. The molecule has 3 heteroatoms. The Bertz CT molecular complexity index is 140. The van der Waals surface area contributed by atoms with E-state index in [1.807, 2.05) is 27.7 Å². The summed E-state index contributed by atoms with van der Waals surface area (Å²) in [4.78, 5) is -1.07. The average Bonchev–Trinajstić information content (AvgIpc) is 1.44. The van der Waals surface area contributed by atoms with Crippen molar-refractivity contribution in [1.82, 2.24) is 0 Å². The molecule has 1 rings (SSSR count). The smallest absolute Gasteiger partial charge is 0.113 e. The molecule has 72 valence electrons. The van der Waals surface area contributed by atoms with Crippen LogP contribution in [0.2, 0.25) is 0 Å². The highest BCUT2D eigenvalue weighted by Gasteiger charge is 2.43. The predicted octanol–water partition coefficient (Wildman–Crippen LogP) is 2.15. The molecule has 0 bridgehead atoms. The van der Waals surface area contributed by atoms with Crippen LogP contribution >= 0.6 is 0 Å². The van der Waals surface area contributed by atoms with Crippen molar-refractivity contribution in [2.75, 3.05) is 13.1 Å². The van der Waals surface area contributed by atoms with Crippen LogP contribution in [-0.4, -0.2) is 23.1 Å². The first-order valence-electron chi connectivity index (χ1n) is 4.43. The molecule has 0 saturated carbocycles. The van der Waals surface area contributed by atoms with Gasteiger partial charge in [0.15, 0.2) is 0 Å². The Morgan fingerprint density at radius 3 is 1.67 bits per heavy atom. The van der Waals surface area contributed by atoms with Gasteiger partial charge in [0.1, 0.15) is 13.1 Å². The molecule has 1 aliphatic heterocycles. The van der Waals surface area contributed by atoms with Crippen LogP contribution < -0.4 is 0 Å². The maximum absolute atomic E-state index is 11.4. The summed E-state index contributed by atoms with van der Waals surface area (Å²) in [6, 6.07) is 0. The second-order valence-corrected chi connectivity index (χ2v) is 5.67. The molecule has 1 saturated heterocycles. The molecule has 1 aliphatic rings. The van der Waals surface area contributed by atoms with Gasteiger partial charge in [-0.2, -0.15) is 0 Å². The fourth-order valence-electron chi connectivity index (χ4n) is 2.80. The van der Waals surface area contributed by atoms with Crippen LogP contribution in [-0.2, 0) is 0 Å². The molecule has 0 aromatic rings. The Morgan fingerprint density at radius 2 is 1.42 bits per heavy atom. The van der Waals surface area contributed by atoms with Gasteiger partial charge >= 0.3 is 0 Å². The highest BCUT2D eigenvalue weighted by Crippen LogP contribution is 2.41. The van der Waals surface area contributed by atoms with Crippen molar-refractivity contribution in [2.45, 2.75) is 34.1 Å². The molecule has 1 fully saturated rings. The standard InChI is InChI=1S/C9H19NO2/c1-8(2)5-9(3,4)7-10(11,12)6-8/h11H,5-7H2,1-4H3. The van der Waals surface area contributed by atoms with Gasteiger partial charge in [0.25, 0.3) is 0 Å². The Hall–Kier alpha value is -0.120. The Kier molecular flexibility index (Phi) is 2.02. The van der Waals surface area contributed by atoms with Crippen molar-refractivity contribution in [3.63, 3.8) is 0 Å². The van der Waals surface area contributed by atoms with Crippen molar-refractivity contribution in [2.24, 2.45) is 10.8 Å². The van der Waals surface area contributed by atoms with E-state index >= 15 is 0 Å². The summed E-state index contributed by atoms with van der Waals surface area (Å²) in [6.45, 7) is 8.78. The third-order valence-corrected chi connectivity index (χ3v) is 2.31. The summed E-state index contributed by atoms with van der Waals surface area (Å²) in [5, 5.41) is 20.9. The largest absolute Gasteiger partial charge is 0.598 e. The lowest BCUT2D eigenvalue weighted by molar-refractivity contribution is -1.08. The fraction of sp³-hybridized carbons (Fsp3) is 1.00. The highest BCUT2D eigenvalue weighted by atomic mass is 16.8. The van der Waals surface area contributed by atoms with E-state index in [2.05, 4.69) is 0 Å². The number of quaternary nitrogens is 1. The minimum absolute atomic E-state index is 0.0434. The first-order valence-corrected chi connectivity index (χ1v) is 4.43. The van der Waals surface area contributed by atoms with Gasteiger partial charge in [0, 0.05) is 10.8 Å². The van der Waals surface area contributed by atoms with Crippen molar-refractivity contribution in [3.8, 4) is 0 Å². The Labute approximate surface area is 74.1 Å². The first kappa shape index (κ1) is 9.96. The molecule has 0 aromatic carbocycles. The second kappa shape index (κ2) is 2.44. The second-order valence-electron chi connectivity index (χ2n) is 5.67. The highest BCUT2D eigenvalue weighted by molar-refractivity contribution is 4.83. The van der Waals surface area contributed by atoms with Crippen LogP contribution in [0.4, 0.5) is 0 Å². The summed E-state index contributed by atoms with van der Waals surface area (Å²) in [7, 11) is 0. The van der Waals surface area contributed by atoms with Gasteiger partial charge in [-0.25, -0.2) is 10.0 Å². The molecule has 0 atom stereocenters.